The molecule has 2 aliphatic rings. The zero-order valence-corrected chi connectivity index (χ0v) is 14.3. The van der Waals surface area contributed by atoms with Crippen LogP contribution in [0.1, 0.15) is 11.1 Å². The van der Waals surface area contributed by atoms with Crippen molar-refractivity contribution in [2.75, 3.05) is 7.05 Å². The van der Waals surface area contributed by atoms with Crippen LogP contribution < -0.4 is 0 Å². The summed E-state index contributed by atoms with van der Waals surface area (Å²) in [7, 11) is 1.68. The molecule has 2 aromatic rings. The molecule has 0 radical (unpaired) electrons. The molecule has 0 N–H and O–H groups in total. The van der Waals surface area contributed by atoms with E-state index < -0.39 is 5.97 Å². The van der Waals surface area contributed by atoms with Crippen molar-refractivity contribution < 1.29 is 14.3 Å². The summed E-state index contributed by atoms with van der Waals surface area (Å²) in [5, 5.41) is 0. The van der Waals surface area contributed by atoms with Gasteiger partial charge in [0.25, 0.3) is 5.91 Å². The zero-order chi connectivity index (χ0) is 16.8. The first kappa shape index (κ1) is 14.9. The Balaban J connectivity index is 1.94. The second-order valence-corrected chi connectivity index (χ2v) is 6.47. The summed E-state index contributed by atoms with van der Waals surface area (Å²) in [6, 6.07) is 16.7. The minimum absolute atomic E-state index is 0.229. The smallest absolute Gasteiger partial charge is 0.346 e. The molecular formula is C19H12BrNO3. The van der Waals surface area contributed by atoms with Crippen molar-refractivity contribution in [2.45, 2.75) is 0 Å². The fourth-order valence-corrected chi connectivity index (χ4v) is 3.27. The molecule has 0 bridgehead atoms. The second kappa shape index (κ2) is 5.46. The topological polar surface area (TPSA) is 46.6 Å². The molecule has 0 unspecified atom stereocenters. The van der Waals surface area contributed by atoms with Gasteiger partial charge >= 0.3 is 5.97 Å². The molecule has 118 valence electrons. The Labute approximate surface area is 147 Å². The maximum absolute atomic E-state index is 12.8. The molecule has 2 aromatic carbocycles. The number of likely N-dealkylation sites (N-methyl/N-ethyl adjacent to an activating group) is 1. The summed E-state index contributed by atoms with van der Waals surface area (Å²) in [5.74, 6) is -0.391. The Kier molecular flexibility index (Phi) is 3.39. The predicted molar refractivity (Wildman–Crippen MR) is 93.3 cm³/mol. The largest absolute Gasteiger partial charge is 0.421 e. The minimum atomic E-state index is -0.487. The summed E-state index contributed by atoms with van der Waals surface area (Å²) in [5.41, 5.74) is 2.78. The van der Waals surface area contributed by atoms with Crippen LogP contribution in [-0.4, -0.2) is 23.8 Å². The van der Waals surface area contributed by atoms with Crippen LogP contribution in [-0.2, 0) is 14.3 Å². The number of rotatable bonds is 2. The molecule has 0 saturated carbocycles. The molecule has 2 aliphatic heterocycles. The number of carbonyl (C=O) groups is 2. The van der Waals surface area contributed by atoms with Gasteiger partial charge in [-0.3, -0.25) is 4.79 Å². The van der Waals surface area contributed by atoms with E-state index in [2.05, 4.69) is 15.9 Å². The summed E-state index contributed by atoms with van der Waals surface area (Å²) in [6.45, 7) is 0. The lowest BCUT2D eigenvalue weighted by atomic mass is 10.0. The summed E-state index contributed by atoms with van der Waals surface area (Å²) in [6.07, 6.45) is 0. The summed E-state index contributed by atoms with van der Waals surface area (Å²) < 4.78 is 6.36. The van der Waals surface area contributed by atoms with Crippen LogP contribution in [0.2, 0.25) is 0 Å². The SMILES string of the molecule is CN1C(=O)C2=C(c3ccc(Br)cc3)OC(=O)C2=C1c1ccccc1. The van der Waals surface area contributed by atoms with Crippen LogP contribution in [0.3, 0.4) is 0 Å². The minimum Gasteiger partial charge on any atom is -0.421 e. The van der Waals surface area contributed by atoms with Crippen molar-refractivity contribution >= 4 is 39.3 Å². The Morgan fingerprint density at radius 3 is 2.21 bits per heavy atom. The van der Waals surface area contributed by atoms with Gasteiger partial charge in [0, 0.05) is 17.1 Å². The number of cyclic esters (lactones) is 1. The number of hydrogen-bond donors (Lipinski definition) is 0. The fourth-order valence-electron chi connectivity index (χ4n) is 3.00. The highest BCUT2D eigenvalue weighted by molar-refractivity contribution is 9.10. The van der Waals surface area contributed by atoms with Crippen LogP contribution >= 0.6 is 15.9 Å². The fraction of sp³-hybridized carbons (Fsp3) is 0.0526. The van der Waals surface area contributed by atoms with Gasteiger partial charge in [0.15, 0.2) is 5.76 Å². The van der Waals surface area contributed by atoms with Crippen molar-refractivity contribution in [2.24, 2.45) is 0 Å². The van der Waals surface area contributed by atoms with E-state index in [4.69, 9.17) is 4.74 Å². The first-order chi connectivity index (χ1) is 11.6. The van der Waals surface area contributed by atoms with E-state index in [0.29, 0.717) is 28.2 Å². The van der Waals surface area contributed by atoms with Crippen molar-refractivity contribution in [1.29, 1.82) is 0 Å². The Morgan fingerprint density at radius 2 is 1.54 bits per heavy atom. The van der Waals surface area contributed by atoms with E-state index in [1.165, 1.54) is 4.90 Å². The highest BCUT2D eigenvalue weighted by Crippen LogP contribution is 2.44. The van der Waals surface area contributed by atoms with Gasteiger partial charge in [0.1, 0.15) is 5.57 Å². The molecule has 0 saturated heterocycles. The molecule has 0 spiro atoms. The van der Waals surface area contributed by atoms with Crippen molar-refractivity contribution in [3.05, 3.63) is 81.3 Å². The molecule has 2 heterocycles. The Hall–Kier alpha value is -2.66. The van der Waals surface area contributed by atoms with Crippen LogP contribution in [0, 0.1) is 0 Å². The summed E-state index contributed by atoms with van der Waals surface area (Å²) in [4.78, 5) is 26.7. The number of hydrogen-bond acceptors (Lipinski definition) is 3. The highest BCUT2D eigenvalue weighted by Gasteiger charge is 2.45. The molecule has 4 nitrogen and oxygen atoms in total. The molecule has 0 fully saturated rings. The maximum Gasteiger partial charge on any atom is 0.346 e. The number of esters is 1. The number of carbonyl (C=O) groups excluding carboxylic acids is 2. The average Bonchev–Trinajstić information content (AvgIpc) is 3.06. The quantitative estimate of drug-likeness (QED) is 0.746. The number of ether oxygens (including phenoxy) is 1. The molecule has 0 aromatic heterocycles. The number of benzene rings is 2. The van der Waals surface area contributed by atoms with Crippen LogP contribution in [0.15, 0.2) is 70.2 Å². The molecule has 0 atom stereocenters. The van der Waals surface area contributed by atoms with Gasteiger partial charge in [-0.2, -0.15) is 0 Å². The lowest BCUT2D eigenvalue weighted by molar-refractivity contribution is -0.131. The van der Waals surface area contributed by atoms with Gasteiger partial charge in [-0.25, -0.2) is 4.79 Å². The van der Waals surface area contributed by atoms with Crippen molar-refractivity contribution in [3.8, 4) is 0 Å². The van der Waals surface area contributed by atoms with Gasteiger partial charge in [-0.1, -0.05) is 58.4 Å². The van der Waals surface area contributed by atoms with E-state index in [-0.39, 0.29) is 5.91 Å². The van der Waals surface area contributed by atoms with Gasteiger partial charge < -0.3 is 9.64 Å². The lowest BCUT2D eigenvalue weighted by Gasteiger charge is -2.15. The second-order valence-electron chi connectivity index (χ2n) is 5.55. The molecule has 5 heteroatoms. The average molecular weight is 382 g/mol. The molecule has 4 rings (SSSR count). The zero-order valence-electron chi connectivity index (χ0n) is 12.7. The highest BCUT2D eigenvalue weighted by atomic mass is 79.9. The van der Waals surface area contributed by atoms with E-state index in [1.54, 1.807) is 7.05 Å². The normalized spacial score (nSPS) is 16.8. The first-order valence-electron chi connectivity index (χ1n) is 7.38. The van der Waals surface area contributed by atoms with E-state index in [1.807, 2.05) is 54.6 Å². The van der Waals surface area contributed by atoms with Crippen LogP contribution in [0.5, 0.6) is 0 Å². The molecular weight excluding hydrogens is 370 g/mol. The first-order valence-corrected chi connectivity index (χ1v) is 8.17. The standard InChI is InChI=1S/C19H12BrNO3/c1-21-16(11-5-3-2-4-6-11)14-15(18(21)22)17(24-19(14)23)12-7-9-13(20)10-8-12/h2-10H,1H3. The molecule has 1 amide bonds. The number of amides is 1. The number of halogens is 1. The van der Waals surface area contributed by atoms with Gasteiger partial charge in [0.2, 0.25) is 0 Å². The third-order valence-corrected chi connectivity index (χ3v) is 4.65. The maximum atomic E-state index is 12.8. The molecule has 24 heavy (non-hydrogen) atoms. The van der Waals surface area contributed by atoms with E-state index in [0.717, 1.165) is 10.0 Å². The van der Waals surface area contributed by atoms with Gasteiger partial charge in [-0.05, 0) is 17.7 Å². The lowest BCUT2D eigenvalue weighted by Crippen LogP contribution is -2.21. The third-order valence-electron chi connectivity index (χ3n) is 4.12. The predicted octanol–water partition coefficient (Wildman–Crippen LogP) is 3.60. The number of fused-ring (bicyclic) bond motifs is 1. The Bertz CT molecular complexity index is 927. The Morgan fingerprint density at radius 1 is 0.875 bits per heavy atom. The van der Waals surface area contributed by atoms with Crippen molar-refractivity contribution in [3.63, 3.8) is 0 Å². The summed E-state index contributed by atoms with van der Waals surface area (Å²) >= 11 is 3.38. The van der Waals surface area contributed by atoms with Gasteiger partial charge in [-0.15, -0.1) is 0 Å². The van der Waals surface area contributed by atoms with Crippen LogP contribution in [0.25, 0.3) is 11.5 Å². The third kappa shape index (κ3) is 2.12. The number of nitrogens with zero attached hydrogens (tertiary/aromatic N) is 1. The molecule has 0 aliphatic carbocycles. The van der Waals surface area contributed by atoms with E-state index in [9.17, 15) is 9.59 Å². The van der Waals surface area contributed by atoms with Crippen molar-refractivity contribution in [1.82, 2.24) is 4.90 Å². The van der Waals surface area contributed by atoms with Crippen LogP contribution in [0.4, 0.5) is 0 Å². The monoisotopic (exact) mass is 381 g/mol. The van der Waals surface area contributed by atoms with E-state index >= 15 is 0 Å². The van der Waals surface area contributed by atoms with Gasteiger partial charge in [0.05, 0.1) is 11.3 Å².